The molecule has 1 heterocycles. The van der Waals surface area contributed by atoms with E-state index < -0.39 is 5.41 Å². The largest absolute Gasteiger partial charge is 0.485 e. The van der Waals surface area contributed by atoms with Gasteiger partial charge in [-0.2, -0.15) is 0 Å². The third kappa shape index (κ3) is 2.91. The molecule has 4 heteroatoms. The van der Waals surface area contributed by atoms with Crippen LogP contribution in [0.25, 0.3) is 11.0 Å². The molecule has 2 aromatic rings. The molecule has 0 aliphatic heterocycles. The van der Waals surface area contributed by atoms with E-state index in [4.69, 9.17) is 9.15 Å². The van der Waals surface area contributed by atoms with Gasteiger partial charge in [0.25, 0.3) is 0 Å². The summed E-state index contributed by atoms with van der Waals surface area (Å²) >= 11 is 0. The highest BCUT2D eigenvalue weighted by Crippen LogP contribution is 2.29. The van der Waals surface area contributed by atoms with E-state index in [0.717, 1.165) is 16.5 Å². The van der Waals surface area contributed by atoms with Crippen molar-refractivity contribution in [1.29, 1.82) is 0 Å². The van der Waals surface area contributed by atoms with Crippen LogP contribution in [0.5, 0.6) is 5.75 Å². The van der Waals surface area contributed by atoms with E-state index in [-0.39, 0.29) is 18.0 Å². The fourth-order valence-electron chi connectivity index (χ4n) is 2.14. The van der Waals surface area contributed by atoms with Gasteiger partial charge in [0.1, 0.15) is 17.9 Å². The summed E-state index contributed by atoms with van der Waals surface area (Å²) in [6.07, 6.45) is 0. The first-order valence-electron chi connectivity index (χ1n) is 7.32. The second-order valence-electron chi connectivity index (χ2n) is 6.67. The third-order valence-electron chi connectivity index (χ3n) is 4.02. The first-order chi connectivity index (χ1) is 10.1. The maximum atomic E-state index is 12.0. The van der Waals surface area contributed by atoms with Crippen LogP contribution in [0.3, 0.4) is 0 Å². The Morgan fingerprint density at radius 3 is 2.32 bits per heavy atom. The number of hydrogen-bond donors (Lipinski definition) is 0. The number of benzene rings is 1. The van der Waals surface area contributed by atoms with Crippen LogP contribution in [-0.2, 0) is 4.79 Å². The van der Waals surface area contributed by atoms with Gasteiger partial charge in [-0.3, -0.25) is 4.79 Å². The number of aryl methyl sites for hydroxylation is 2. The van der Waals surface area contributed by atoms with E-state index in [1.165, 1.54) is 0 Å². The van der Waals surface area contributed by atoms with Gasteiger partial charge in [0, 0.05) is 21.9 Å². The molecule has 22 heavy (non-hydrogen) atoms. The van der Waals surface area contributed by atoms with E-state index in [1.54, 1.807) is 6.92 Å². The molecule has 0 fully saturated rings. The standard InChI is InChI=1S/C18H22O4/c1-10-11(2)17(20)22-16-12(3)14(8-7-13(10)16)21-9-15(19)18(4,5)6/h7-8H,9H2,1-6H3. The van der Waals surface area contributed by atoms with Gasteiger partial charge >= 0.3 is 5.63 Å². The van der Waals surface area contributed by atoms with Gasteiger partial charge in [0.15, 0.2) is 5.78 Å². The Balaban J connectivity index is 2.42. The highest BCUT2D eigenvalue weighted by molar-refractivity contribution is 5.87. The normalized spacial score (nSPS) is 11.7. The maximum Gasteiger partial charge on any atom is 0.339 e. The Hall–Kier alpha value is -2.10. The van der Waals surface area contributed by atoms with Gasteiger partial charge in [-0.25, -0.2) is 4.79 Å². The summed E-state index contributed by atoms with van der Waals surface area (Å²) in [6.45, 7) is 11.1. The minimum Gasteiger partial charge on any atom is -0.485 e. The van der Waals surface area contributed by atoms with Crippen LogP contribution in [0.15, 0.2) is 21.3 Å². The number of rotatable bonds is 3. The van der Waals surface area contributed by atoms with E-state index in [9.17, 15) is 9.59 Å². The highest BCUT2D eigenvalue weighted by atomic mass is 16.5. The minimum atomic E-state index is -0.439. The van der Waals surface area contributed by atoms with E-state index in [0.29, 0.717) is 16.9 Å². The van der Waals surface area contributed by atoms with Crippen molar-refractivity contribution in [3.05, 3.63) is 39.2 Å². The monoisotopic (exact) mass is 302 g/mol. The van der Waals surface area contributed by atoms with Crippen molar-refractivity contribution in [2.45, 2.75) is 41.5 Å². The predicted octanol–water partition coefficient (Wildman–Crippen LogP) is 3.71. The zero-order valence-corrected chi connectivity index (χ0v) is 14.0. The fourth-order valence-corrected chi connectivity index (χ4v) is 2.14. The Bertz CT molecular complexity index is 791. The molecule has 1 aromatic carbocycles. The smallest absolute Gasteiger partial charge is 0.339 e. The van der Waals surface area contributed by atoms with Crippen molar-refractivity contribution in [3.8, 4) is 5.75 Å². The topological polar surface area (TPSA) is 56.5 Å². The Labute approximate surface area is 130 Å². The minimum absolute atomic E-state index is 0.00488. The summed E-state index contributed by atoms with van der Waals surface area (Å²) in [5.41, 5.74) is 2.00. The van der Waals surface area contributed by atoms with Crippen LogP contribution >= 0.6 is 0 Å². The van der Waals surface area contributed by atoms with Gasteiger partial charge in [0.05, 0.1) is 0 Å². The van der Waals surface area contributed by atoms with Crippen LogP contribution in [0.4, 0.5) is 0 Å². The van der Waals surface area contributed by atoms with Crippen molar-refractivity contribution in [2.24, 2.45) is 5.41 Å². The molecule has 1 aromatic heterocycles. The van der Waals surface area contributed by atoms with E-state index in [2.05, 4.69) is 0 Å². The van der Waals surface area contributed by atoms with Crippen molar-refractivity contribution >= 4 is 16.8 Å². The molecule has 0 unspecified atom stereocenters. The number of ketones is 1. The van der Waals surface area contributed by atoms with Crippen molar-refractivity contribution in [2.75, 3.05) is 6.61 Å². The molecule has 4 nitrogen and oxygen atoms in total. The molecule has 0 saturated heterocycles. The fraction of sp³-hybridized carbons (Fsp3) is 0.444. The van der Waals surface area contributed by atoms with Gasteiger partial charge < -0.3 is 9.15 Å². The summed E-state index contributed by atoms with van der Waals surface area (Å²) in [4.78, 5) is 23.8. The predicted molar refractivity (Wildman–Crippen MR) is 86.7 cm³/mol. The quantitative estimate of drug-likeness (QED) is 0.811. The van der Waals surface area contributed by atoms with Crippen LogP contribution in [0, 0.1) is 26.2 Å². The Morgan fingerprint density at radius 2 is 1.73 bits per heavy atom. The molecule has 0 aliphatic carbocycles. The molecule has 118 valence electrons. The number of carbonyl (C=O) groups excluding carboxylic acids is 1. The second kappa shape index (κ2) is 5.59. The zero-order valence-electron chi connectivity index (χ0n) is 14.0. The average molecular weight is 302 g/mol. The average Bonchev–Trinajstić information content (AvgIpc) is 2.43. The van der Waals surface area contributed by atoms with Gasteiger partial charge in [-0.15, -0.1) is 0 Å². The van der Waals surface area contributed by atoms with E-state index >= 15 is 0 Å². The second-order valence-corrected chi connectivity index (χ2v) is 6.67. The summed E-state index contributed by atoms with van der Waals surface area (Å²) < 4.78 is 11.0. The highest BCUT2D eigenvalue weighted by Gasteiger charge is 2.22. The third-order valence-corrected chi connectivity index (χ3v) is 4.02. The number of fused-ring (bicyclic) bond motifs is 1. The number of carbonyl (C=O) groups is 1. The molecular weight excluding hydrogens is 280 g/mol. The molecule has 0 atom stereocenters. The lowest BCUT2D eigenvalue weighted by atomic mass is 9.91. The van der Waals surface area contributed by atoms with Crippen molar-refractivity contribution in [1.82, 2.24) is 0 Å². The molecule has 2 rings (SSSR count). The van der Waals surface area contributed by atoms with Crippen LogP contribution < -0.4 is 10.4 Å². The van der Waals surface area contributed by atoms with E-state index in [1.807, 2.05) is 46.8 Å². The van der Waals surface area contributed by atoms with Crippen LogP contribution in [0.1, 0.15) is 37.5 Å². The molecule has 0 amide bonds. The molecule has 0 N–H and O–H groups in total. The summed E-state index contributed by atoms with van der Waals surface area (Å²) in [6, 6.07) is 3.69. The Kier molecular flexibility index (Phi) is 4.14. The van der Waals surface area contributed by atoms with Crippen molar-refractivity contribution < 1.29 is 13.9 Å². The lowest BCUT2D eigenvalue weighted by molar-refractivity contribution is -0.128. The molecule has 0 saturated carbocycles. The molecule has 0 spiro atoms. The lowest BCUT2D eigenvalue weighted by Crippen LogP contribution is -2.26. The number of ether oxygens (including phenoxy) is 1. The first kappa shape index (κ1) is 16.3. The van der Waals surface area contributed by atoms with Gasteiger partial charge in [-0.05, 0) is 38.5 Å². The SMILES string of the molecule is Cc1c(C)c2ccc(OCC(=O)C(C)(C)C)c(C)c2oc1=O. The molecule has 0 bridgehead atoms. The first-order valence-corrected chi connectivity index (χ1v) is 7.32. The molecule has 0 radical (unpaired) electrons. The lowest BCUT2D eigenvalue weighted by Gasteiger charge is -2.18. The number of Topliss-reactive ketones (excluding diaryl/α,β-unsaturated/α-hetero) is 1. The van der Waals surface area contributed by atoms with Crippen LogP contribution in [0.2, 0.25) is 0 Å². The Morgan fingerprint density at radius 1 is 1.09 bits per heavy atom. The van der Waals surface area contributed by atoms with Crippen LogP contribution in [-0.4, -0.2) is 12.4 Å². The van der Waals surface area contributed by atoms with Gasteiger partial charge in [-0.1, -0.05) is 20.8 Å². The number of hydrogen-bond acceptors (Lipinski definition) is 4. The van der Waals surface area contributed by atoms with Gasteiger partial charge in [0.2, 0.25) is 0 Å². The maximum absolute atomic E-state index is 12.0. The molecule has 0 aliphatic rings. The molecular formula is C18H22O4. The summed E-state index contributed by atoms with van der Waals surface area (Å²) in [7, 11) is 0. The zero-order chi connectivity index (χ0) is 16.7. The summed E-state index contributed by atoms with van der Waals surface area (Å²) in [5, 5.41) is 0.893. The summed E-state index contributed by atoms with van der Waals surface area (Å²) in [5.74, 6) is 0.588. The van der Waals surface area contributed by atoms with Crippen molar-refractivity contribution in [3.63, 3.8) is 0 Å².